The van der Waals surface area contributed by atoms with E-state index in [1.807, 2.05) is 24.0 Å². The minimum absolute atomic E-state index is 0. The van der Waals surface area contributed by atoms with Crippen LogP contribution >= 0.6 is 24.0 Å². The van der Waals surface area contributed by atoms with Crippen molar-refractivity contribution in [1.29, 1.82) is 0 Å². The second-order valence-electron chi connectivity index (χ2n) is 6.12. The first-order valence-electron chi connectivity index (χ1n) is 8.68. The molecule has 1 aromatic heterocycles. The van der Waals surface area contributed by atoms with E-state index in [0.29, 0.717) is 0 Å². The summed E-state index contributed by atoms with van der Waals surface area (Å²) < 4.78 is 7.26. The van der Waals surface area contributed by atoms with Gasteiger partial charge in [-0.25, -0.2) is 0 Å². The topological polar surface area (TPSA) is 63.5 Å². The Bertz CT molecular complexity index is 699. The zero-order chi connectivity index (χ0) is 18.1. The second-order valence-corrected chi connectivity index (χ2v) is 6.12. The van der Waals surface area contributed by atoms with Crippen LogP contribution in [0.4, 0.5) is 0 Å². The van der Waals surface area contributed by atoms with E-state index in [-0.39, 0.29) is 24.0 Å². The highest BCUT2D eigenvalue weighted by atomic mass is 127. The van der Waals surface area contributed by atoms with Gasteiger partial charge in [-0.2, -0.15) is 5.10 Å². The van der Waals surface area contributed by atoms with Crippen molar-refractivity contribution >= 4 is 29.9 Å². The molecule has 0 unspecified atom stereocenters. The predicted molar refractivity (Wildman–Crippen MR) is 118 cm³/mol. The summed E-state index contributed by atoms with van der Waals surface area (Å²) in [5.74, 6) is 1.77. The normalized spacial score (nSPS) is 11.0. The lowest BCUT2D eigenvalue weighted by molar-refractivity contribution is 0.409. The molecule has 0 amide bonds. The Hall–Kier alpha value is -1.77. The molecule has 0 aliphatic heterocycles. The van der Waals surface area contributed by atoms with Gasteiger partial charge in [-0.3, -0.25) is 9.67 Å². The van der Waals surface area contributed by atoms with Crippen molar-refractivity contribution in [3.63, 3.8) is 0 Å². The Morgan fingerprint density at radius 2 is 2.00 bits per heavy atom. The van der Waals surface area contributed by atoms with Crippen LogP contribution in [-0.2, 0) is 19.9 Å². The maximum atomic E-state index is 5.43. The fourth-order valence-corrected chi connectivity index (χ4v) is 2.74. The lowest BCUT2D eigenvalue weighted by Gasteiger charge is -2.13. The number of aromatic nitrogens is 2. The molecule has 1 aromatic carbocycles. The van der Waals surface area contributed by atoms with E-state index in [9.17, 15) is 0 Å². The van der Waals surface area contributed by atoms with Crippen molar-refractivity contribution in [3.8, 4) is 5.75 Å². The van der Waals surface area contributed by atoms with Gasteiger partial charge in [0.05, 0.1) is 13.3 Å². The molecule has 0 bridgehead atoms. The molecule has 0 fully saturated rings. The zero-order valence-corrected chi connectivity index (χ0v) is 18.4. The summed E-state index contributed by atoms with van der Waals surface area (Å²) in [5.41, 5.74) is 3.72. The van der Waals surface area contributed by atoms with Gasteiger partial charge >= 0.3 is 0 Å². The first kappa shape index (κ1) is 22.3. The van der Waals surface area contributed by atoms with Crippen LogP contribution in [0.5, 0.6) is 5.75 Å². The van der Waals surface area contributed by atoms with Gasteiger partial charge in [-0.1, -0.05) is 17.7 Å². The maximum Gasteiger partial charge on any atom is 0.190 e. The molecule has 0 aliphatic carbocycles. The van der Waals surface area contributed by atoms with E-state index >= 15 is 0 Å². The highest BCUT2D eigenvalue weighted by Crippen LogP contribution is 2.19. The summed E-state index contributed by atoms with van der Waals surface area (Å²) in [4.78, 5) is 4.27. The molecule has 0 aliphatic rings. The highest BCUT2D eigenvalue weighted by molar-refractivity contribution is 14.0. The van der Waals surface area contributed by atoms with Gasteiger partial charge in [0.1, 0.15) is 5.75 Å². The van der Waals surface area contributed by atoms with Crippen molar-refractivity contribution in [2.24, 2.45) is 12.0 Å². The lowest BCUT2D eigenvalue weighted by atomic mass is 10.1. The lowest BCUT2D eigenvalue weighted by Crippen LogP contribution is -2.38. The first-order chi connectivity index (χ1) is 12.1. The highest BCUT2D eigenvalue weighted by Gasteiger charge is 2.04. The van der Waals surface area contributed by atoms with Gasteiger partial charge in [-0.05, 0) is 43.4 Å². The van der Waals surface area contributed by atoms with E-state index in [0.717, 1.165) is 44.1 Å². The number of ether oxygens (including phenoxy) is 1. The Labute approximate surface area is 173 Å². The number of nitrogens with one attached hydrogen (secondary N) is 2. The minimum atomic E-state index is 0. The molecule has 26 heavy (non-hydrogen) atoms. The van der Waals surface area contributed by atoms with Crippen LogP contribution in [0.3, 0.4) is 0 Å². The van der Waals surface area contributed by atoms with E-state index < -0.39 is 0 Å². The summed E-state index contributed by atoms with van der Waals surface area (Å²) >= 11 is 0. The quantitative estimate of drug-likeness (QED) is 0.269. The Kier molecular flexibility index (Phi) is 10.1. The van der Waals surface area contributed by atoms with Crippen LogP contribution in [0.25, 0.3) is 0 Å². The molecule has 144 valence electrons. The Morgan fingerprint density at radius 1 is 1.23 bits per heavy atom. The zero-order valence-electron chi connectivity index (χ0n) is 16.1. The molecule has 0 radical (unpaired) electrons. The van der Waals surface area contributed by atoms with Crippen molar-refractivity contribution in [2.45, 2.75) is 26.2 Å². The third kappa shape index (κ3) is 7.23. The molecule has 7 heteroatoms. The summed E-state index contributed by atoms with van der Waals surface area (Å²) in [6.45, 7) is 3.78. The number of hydrogen-bond acceptors (Lipinski definition) is 3. The molecule has 0 saturated carbocycles. The average molecular weight is 471 g/mol. The number of benzene rings is 1. The first-order valence-corrected chi connectivity index (χ1v) is 8.68. The van der Waals surface area contributed by atoms with E-state index in [4.69, 9.17) is 4.74 Å². The van der Waals surface area contributed by atoms with Gasteiger partial charge in [0.25, 0.3) is 0 Å². The second kappa shape index (κ2) is 11.8. The largest absolute Gasteiger partial charge is 0.496 e. The molecule has 0 atom stereocenters. The molecule has 0 saturated heterocycles. The summed E-state index contributed by atoms with van der Waals surface area (Å²) in [6.07, 6.45) is 6.92. The molecular formula is C19H30IN5O. The molecule has 2 N–H and O–H groups in total. The van der Waals surface area contributed by atoms with Gasteiger partial charge in [0.15, 0.2) is 5.96 Å². The molecular weight excluding hydrogens is 441 g/mol. The van der Waals surface area contributed by atoms with Gasteiger partial charge in [-0.15, -0.1) is 24.0 Å². The van der Waals surface area contributed by atoms with E-state index in [1.54, 1.807) is 14.2 Å². The van der Waals surface area contributed by atoms with Gasteiger partial charge < -0.3 is 15.4 Å². The molecule has 6 nitrogen and oxygen atoms in total. The third-order valence-electron chi connectivity index (χ3n) is 4.04. The van der Waals surface area contributed by atoms with Crippen LogP contribution in [0.15, 0.2) is 35.6 Å². The molecule has 1 heterocycles. The van der Waals surface area contributed by atoms with Crippen LogP contribution < -0.4 is 15.4 Å². The number of methoxy groups -OCH3 is 1. The number of halogens is 1. The van der Waals surface area contributed by atoms with Crippen LogP contribution in [0, 0.1) is 6.92 Å². The molecule has 0 spiro atoms. The monoisotopic (exact) mass is 471 g/mol. The van der Waals surface area contributed by atoms with Crippen LogP contribution in [0.1, 0.15) is 23.1 Å². The number of rotatable bonds is 8. The number of hydrogen-bond donors (Lipinski definition) is 2. The average Bonchev–Trinajstić information content (AvgIpc) is 3.02. The van der Waals surface area contributed by atoms with E-state index in [1.165, 1.54) is 16.7 Å². The summed E-state index contributed by atoms with van der Waals surface area (Å²) in [5, 5.41) is 10.9. The fourth-order valence-electron chi connectivity index (χ4n) is 2.74. The number of aryl methyl sites for hydroxylation is 3. The SMILES string of the molecule is CN=C(NCCCc1cnn(C)c1)NCCc1cc(C)ccc1OC.I. The van der Waals surface area contributed by atoms with Crippen molar-refractivity contribution < 1.29 is 4.74 Å². The minimum Gasteiger partial charge on any atom is -0.496 e. The fraction of sp³-hybridized carbons (Fsp3) is 0.474. The summed E-state index contributed by atoms with van der Waals surface area (Å²) in [6, 6.07) is 6.26. The number of nitrogens with zero attached hydrogens (tertiary/aromatic N) is 3. The van der Waals surface area contributed by atoms with E-state index in [2.05, 4.69) is 46.0 Å². The smallest absolute Gasteiger partial charge is 0.190 e. The Balaban J connectivity index is 0.00000338. The number of aliphatic imine (C=N–C) groups is 1. The van der Waals surface area contributed by atoms with Crippen molar-refractivity contribution in [2.75, 3.05) is 27.2 Å². The van der Waals surface area contributed by atoms with Gasteiger partial charge in [0.2, 0.25) is 0 Å². The summed E-state index contributed by atoms with van der Waals surface area (Å²) in [7, 11) is 5.45. The predicted octanol–water partition coefficient (Wildman–Crippen LogP) is 2.70. The van der Waals surface area contributed by atoms with Gasteiger partial charge in [0, 0.05) is 33.4 Å². The van der Waals surface area contributed by atoms with Crippen LogP contribution in [-0.4, -0.2) is 43.0 Å². The maximum absolute atomic E-state index is 5.43. The number of guanidine groups is 1. The Morgan fingerprint density at radius 3 is 2.65 bits per heavy atom. The molecule has 2 aromatic rings. The molecule has 2 rings (SSSR count). The van der Waals surface area contributed by atoms with Crippen LogP contribution in [0.2, 0.25) is 0 Å². The van der Waals surface area contributed by atoms with Crippen molar-refractivity contribution in [3.05, 3.63) is 47.3 Å². The third-order valence-corrected chi connectivity index (χ3v) is 4.04. The standard InChI is InChI=1S/C19H29N5O.HI/c1-15-7-8-18(25-4)17(12-15)9-11-22-19(20-2)21-10-5-6-16-13-23-24(3)14-16;/h7-8,12-14H,5-6,9-11H2,1-4H3,(H2,20,21,22);1H. The van der Waals surface area contributed by atoms with Crippen molar-refractivity contribution in [1.82, 2.24) is 20.4 Å².